The number of aliphatic hydroxyl groups is 1. The van der Waals surface area contributed by atoms with E-state index in [1.165, 1.54) is 0 Å². The number of carboxylic acid groups (broad SMARTS) is 1. The average molecular weight is 221 g/mol. The third kappa shape index (κ3) is 6.23. The lowest BCUT2D eigenvalue weighted by molar-refractivity contribution is -0.139. The summed E-state index contributed by atoms with van der Waals surface area (Å²) in [5.74, 6) is 0.00168. The zero-order chi connectivity index (χ0) is 11.0. The molecule has 2 unspecified atom stereocenters. The van der Waals surface area contributed by atoms with Crippen LogP contribution in [-0.4, -0.2) is 46.9 Å². The Bertz CT molecular complexity index is 166. The smallest absolute Gasteiger partial charge is 0.320 e. The third-order valence-electron chi connectivity index (χ3n) is 1.99. The van der Waals surface area contributed by atoms with E-state index in [4.69, 9.17) is 10.2 Å². The molecule has 0 aromatic rings. The molecule has 0 saturated carbocycles. The summed E-state index contributed by atoms with van der Waals surface area (Å²) in [6, 6.07) is -0.455. The van der Waals surface area contributed by atoms with Crippen LogP contribution >= 0.6 is 11.8 Å². The molecule has 0 aliphatic rings. The van der Waals surface area contributed by atoms with E-state index in [-0.39, 0.29) is 6.61 Å². The molecule has 5 heteroatoms. The fourth-order valence-electron chi connectivity index (χ4n) is 1.04. The number of hydrogen-bond donors (Lipinski definition) is 3. The zero-order valence-electron chi connectivity index (χ0n) is 8.69. The molecule has 0 amide bonds. The Kier molecular flexibility index (Phi) is 7.93. The average Bonchev–Trinajstić information content (AvgIpc) is 2.12. The van der Waals surface area contributed by atoms with E-state index in [1.54, 1.807) is 18.8 Å². The molecule has 0 aromatic heterocycles. The predicted octanol–water partition coefficient (Wildman–Crippen LogP) is 0.553. The number of rotatable bonds is 8. The second-order valence-corrected chi connectivity index (χ2v) is 4.71. The summed E-state index contributed by atoms with van der Waals surface area (Å²) in [5.41, 5.74) is 0. The van der Waals surface area contributed by atoms with Gasteiger partial charge in [-0.1, -0.05) is 6.92 Å². The van der Waals surface area contributed by atoms with Crippen LogP contribution in [0.5, 0.6) is 0 Å². The maximum absolute atomic E-state index is 10.6. The molecular formula is C9H19NO3S. The van der Waals surface area contributed by atoms with Crippen LogP contribution in [0.2, 0.25) is 0 Å². The Morgan fingerprint density at radius 3 is 2.57 bits per heavy atom. The molecule has 0 radical (unpaired) electrons. The monoisotopic (exact) mass is 221 g/mol. The first kappa shape index (κ1) is 13.7. The number of nitrogens with one attached hydrogen (secondary N) is 1. The number of likely N-dealkylation sites (N-methyl/N-ethyl adjacent to an activating group) is 1. The van der Waals surface area contributed by atoms with E-state index in [0.717, 1.165) is 12.2 Å². The molecule has 0 heterocycles. The van der Waals surface area contributed by atoms with E-state index < -0.39 is 12.0 Å². The highest BCUT2D eigenvalue weighted by molar-refractivity contribution is 7.99. The molecule has 4 nitrogen and oxygen atoms in total. The quantitative estimate of drug-likeness (QED) is 0.558. The molecule has 0 saturated heterocycles. The number of aliphatic carboxylic acids is 1. The van der Waals surface area contributed by atoms with Crippen molar-refractivity contribution in [3.63, 3.8) is 0 Å². The molecule has 0 aliphatic heterocycles. The van der Waals surface area contributed by atoms with Gasteiger partial charge in [0.05, 0.1) is 0 Å². The van der Waals surface area contributed by atoms with Crippen molar-refractivity contribution in [2.45, 2.75) is 31.1 Å². The van der Waals surface area contributed by atoms with Gasteiger partial charge in [0.15, 0.2) is 0 Å². The molecule has 0 aromatic carbocycles. The second kappa shape index (κ2) is 8.08. The van der Waals surface area contributed by atoms with Gasteiger partial charge in [0.2, 0.25) is 0 Å². The van der Waals surface area contributed by atoms with Crippen LogP contribution in [0.1, 0.15) is 19.8 Å². The minimum Gasteiger partial charge on any atom is -0.480 e. The molecule has 0 fully saturated rings. The van der Waals surface area contributed by atoms with Crippen LogP contribution in [-0.2, 0) is 4.79 Å². The maximum atomic E-state index is 10.6. The number of carbonyl (C=O) groups is 1. The van der Waals surface area contributed by atoms with Gasteiger partial charge in [-0.2, -0.15) is 11.8 Å². The van der Waals surface area contributed by atoms with E-state index in [0.29, 0.717) is 11.7 Å². The first-order valence-electron chi connectivity index (χ1n) is 4.74. The summed E-state index contributed by atoms with van der Waals surface area (Å²) in [6.45, 7) is 2.23. The number of hydrogen-bond acceptors (Lipinski definition) is 4. The van der Waals surface area contributed by atoms with Crippen LogP contribution < -0.4 is 5.32 Å². The number of aliphatic hydroxyl groups excluding tert-OH is 1. The highest BCUT2D eigenvalue weighted by atomic mass is 32.2. The van der Waals surface area contributed by atoms with Crippen molar-refractivity contribution in [3.05, 3.63) is 0 Å². The first-order valence-corrected chi connectivity index (χ1v) is 5.79. The Hall–Kier alpha value is -0.260. The van der Waals surface area contributed by atoms with Crippen molar-refractivity contribution in [3.8, 4) is 0 Å². The lowest BCUT2D eigenvalue weighted by atomic mass is 10.2. The predicted molar refractivity (Wildman–Crippen MR) is 58.7 cm³/mol. The lowest BCUT2D eigenvalue weighted by Crippen LogP contribution is -2.34. The number of carboxylic acids is 1. The summed E-state index contributed by atoms with van der Waals surface area (Å²) in [4.78, 5) is 10.6. The van der Waals surface area contributed by atoms with Crippen LogP contribution in [0.3, 0.4) is 0 Å². The first-order chi connectivity index (χ1) is 6.61. The van der Waals surface area contributed by atoms with E-state index >= 15 is 0 Å². The SMILES string of the molecule is CNC(CCSC(C)CCO)C(=O)O. The molecule has 84 valence electrons. The third-order valence-corrected chi connectivity index (χ3v) is 3.27. The lowest BCUT2D eigenvalue weighted by Gasteiger charge is -2.13. The Balaban J connectivity index is 3.55. The Morgan fingerprint density at radius 1 is 1.50 bits per heavy atom. The fourth-order valence-corrected chi connectivity index (χ4v) is 2.09. The molecule has 2 atom stereocenters. The van der Waals surface area contributed by atoms with Gasteiger partial charge in [-0.05, 0) is 25.6 Å². The van der Waals surface area contributed by atoms with Crippen molar-refractivity contribution < 1.29 is 15.0 Å². The fraction of sp³-hybridized carbons (Fsp3) is 0.889. The van der Waals surface area contributed by atoms with Gasteiger partial charge in [-0.25, -0.2) is 0 Å². The largest absolute Gasteiger partial charge is 0.480 e. The van der Waals surface area contributed by atoms with Crippen molar-refractivity contribution >= 4 is 17.7 Å². The van der Waals surface area contributed by atoms with Gasteiger partial charge in [-0.15, -0.1) is 0 Å². The molecule has 0 rings (SSSR count). The minimum absolute atomic E-state index is 0.197. The van der Waals surface area contributed by atoms with Gasteiger partial charge in [0.25, 0.3) is 0 Å². The van der Waals surface area contributed by atoms with Gasteiger partial charge >= 0.3 is 5.97 Å². The topological polar surface area (TPSA) is 69.6 Å². The summed E-state index contributed by atoms with van der Waals surface area (Å²) in [7, 11) is 1.65. The van der Waals surface area contributed by atoms with Gasteiger partial charge < -0.3 is 15.5 Å². The van der Waals surface area contributed by atoms with Crippen molar-refractivity contribution in [1.29, 1.82) is 0 Å². The van der Waals surface area contributed by atoms with Crippen molar-refractivity contribution in [2.24, 2.45) is 0 Å². The molecule has 0 bridgehead atoms. The Morgan fingerprint density at radius 2 is 2.14 bits per heavy atom. The molecule has 0 aliphatic carbocycles. The van der Waals surface area contributed by atoms with Gasteiger partial charge in [-0.3, -0.25) is 4.79 Å². The molecular weight excluding hydrogens is 202 g/mol. The van der Waals surface area contributed by atoms with E-state index in [9.17, 15) is 4.79 Å². The normalized spacial score (nSPS) is 15.1. The van der Waals surface area contributed by atoms with Crippen LogP contribution in [0.15, 0.2) is 0 Å². The summed E-state index contributed by atoms with van der Waals surface area (Å²) < 4.78 is 0. The number of thioether (sulfide) groups is 1. The van der Waals surface area contributed by atoms with Crippen LogP contribution in [0.4, 0.5) is 0 Å². The zero-order valence-corrected chi connectivity index (χ0v) is 9.51. The Labute approximate surface area is 89.1 Å². The van der Waals surface area contributed by atoms with E-state index in [1.807, 2.05) is 6.92 Å². The highest BCUT2D eigenvalue weighted by Crippen LogP contribution is 2.15. The molecule has 3 N–H and O–H groups in total. The van der Waals surface area contributed by atoms with Crippen LogP contribution in [0, 0.1) is 0 Å². The maximum Gasteiger partial charge on any atom is 0.320 e. The summed E-state index contributed by atoms with van der Waals surface area (Å²) >= 11 is 1.70. The molecule has 14 heavy (non-hydrogen) atoms. The van der Waals surface area contributed by atoms with E-state index in [2.05, 4.69) is 5.32 Å². The standard InChI is InChI=1S/C9H19NO3S/c1-7(3-5-11)14-6-4-8(10-2)9(12)13/h7-8,10-11H,3-6H2,1-2H3,(H,12,13). The summed E-state index contributed by atoms with van der Waals surface area (Å²) in [6.07, 6.45) is 1.38. The van der Waals surface area contributed by atoms with Crippen molar-refractivity contribution in [1.82, 2.24) is 5.32 Å². The second-order valence-electron chi connectivity index (χ2n) is 3.16. The molecule has 0 spiro atoms. The van der Waals surface area contributed by atoms with Crippen LogP contribution in [0.25, 0.3) is 0 Å². The minimum atomic E-state index is -0.803. The highest BCUT2D eigenvalue weighted by Gasteiger charge is 2.14. The van der Waals surface area contributed by atoms with Crippen molar-refractivity contribution in [2.75, 3.05) is 19.4 Å². The van der Waals surface area contributed by atoms with Gasteiger partial charge in [0, 0.05) is 11.9 Å². The summed E-state index contributed by atoms with van der Waals surface area (Å²) in [5, 5.41) is 20.5. The van der Waals surface area contributed by atoms with Gasteiger partial charge in [0.1, 0.15) is 6.04 Å².